The van der Waals surface area contributed by atoms with Crippen LogP contribution in [0.4, 0.5) is 0 Å². The fraction of sp³-hybridized carbons (Fsp3) is 0.696. The van der Waals surface area contributed by atoms with Gasteiger partial charge in [0.1, 0.15) is 11.7 Å². The van der Waals surface area contributed by atoms with Crippen LogP contribution < -0.4 is 0 Å². The lowest BCUT2D eigenvalue weighted by Crippen LogP contribution is -2.62. The molecule has 3 saturated heterocycles. The summed E-state index contributed by atoms with van der Waals surface area (Å²) >= 11 is 2.56. The second kappa shape index (κ2) is 7.46. The molecular weight excluding hydrogens is 477 g/mol. The molecule has 0 N–H and O–H groups in total. The van der Waals surface area contributed by atoms with Crippen LogP contribution in [0.1, 0.15) is 38.7 Å². The van der Waals surface area contributed by atoms with E-state index in [0.29, 0.717) is 15.8 Å². The number of hydroxylamine groups is 2. The zero-order valence-corrected chi connectivity index (χ0v) is 19.8. The number of carbonyl (C=O) groups excluding carboxylic acids is 1. The Hall–Kier alpha value is -0.700. The Morgan fingerprint density at radius 1 is 1.24 bits per heavy atom. The van der Waals surface area contributed by atoms with Crippen LogP contribution in [0.15, 0.2) is 30.3 Å². The minimum absolute atomic E-state index is 0.117. The van der Waals surface area contributed by atoms with Gasteiger partial charge in [-0.2, -0.15) is 0 Å². The van der Waals surface area contributed by atoms with Crippen LogP contribution in [0, 0.1) is 17.8 Å². The minimum atomic E-state index is -0.269. The van der Waals surface area contributed by atoms with E-state index in [9.17, 15) is 4.79 Å². The average Bonchev–Trinajstić information content (AvgIpc) is 3.29. The number of likely N-dealkylation sites (N-methyl/N-ethyl adjacent to an activating group) is 1. The van der Waals surface area contributed by atoms with E-state index in [4.69, 9.17) is 4.84 Å². The monoisotopic (exact) mass is 509 g/mol. The minimum Gasteiger partial charge on any atom is -0.323 e. The van der Waals surface area contributed by atoms with Gasteiger partial charge in [-0.25, -0.2) is 0 Å². The Kier molecular flexibility index (Phi) is 5.20. The van der Waals surface area contributed by atoms with Crippen molar-refractivity contribution in [3.05, 3.63) is 35.9 Å². The molecule has 5 nitrogen and oxygen atoms in total. The van der Waals surface area contributed by atoms with Gasteiger partial charge >= 0.3 is 0 Å². The van der Waals surface area contributed by atoms with Crippen molar-refractivity contribution in [2.24, 2.45) is 17.8 Å². The molecule has 5 rings (SSSR count). The Morgan fingerprint density at radius 2 is 2.00 bits per heavy atom. The van der Waals surface area contributed by atoms with Crippen LogP contribution in [-0.4, -0.2) is 62.6 Å². The third kappa shape index (κ3) is 3.08. The summed E-state index contributed by atoms with van der Waals surface area (Å²) in [5.74, 6) is 1.62. The van der Waals surface area contributed by atoms with Gasteiger partial charge < -0.3 is 4.90 Å². The van der Waals surface area contributed by atoms with Gasteiger partial charge in [0.2, 0.25) is 5.91 Å². The van der Waals surface area contributed by atoms with E-state index in [1.807, 2.05) is 7.05 Å². The maximum atomic E-state index is 13.5. The maximum absolute atomic E-state index is 13.5. The van der Waals surface area contributed by atoms with Crippen LogP contribution >= 0.6 is 22.6 Å². The second-order valence-electron chi connectivity index (χ2n) is 9.70. The van der Waals surface area contributed by atoms with E-state index in [1.54, 1.807) is 0 Å². The summed E-state index contributed by atoms with van der Waals surface area (Å²) in [6.45, 7) is 7.42. The van der Waals surface area contributed by atoms with Gasteiger partial charge in [-0.05, 0) is 24.3 Å². The molecule has 158 valence electrons. The van der Waals surface area contributed by atoms with E-state index < -0.39 is 0 Å². The van der Waals surface area contributed by atoms with Crippen molar-refractivity contribution in [2.75, 3.05) is 20.1 Å². The summed E-state index contributed by atoms with van der Waals surface area (Å²) in [5, 5.41) is 2.19. The normalized spacial score (nSPS) is 41.2. The van der Waals surface area contributed by atoms with Crippen molar-refractivity contribution in [1.29, 1.82) is 0 Å². The van der Waals surface area contributed by atoms with Gasteiger partial charge in [-0.1, -0.05) is 73.2 Å². The molecule has 1 unspecified atom stereocenters. The topological polar surface area (TPSA) is 36.0 Å². The van der Waals surface area contributed by atoms with Crippen LogP contribution in [0.3, 0.4) is 0 Å². The van der Waals surface area contributed by atoms with Gasteiger partial charge in [0.25, 0.3) is 0 Å². The number of rotatable bonds is 3. The quantitative estimate of drug-likeness (QED) is 0.462. The Labute approximate surface area is 187 Å². The molecule has 1 aromatic rings. The van der Waals surface area contributed by atoms with Gasteiger partial charge in [-0.15, -0.1) is 5.06 Å². The highest BCUT2D eigenvalue weighted by Gasteiger charge is 2.68. The molecule has 6 heteroatoms. The molecule has 3 heterocycles. The number of hydrogen-bond acceptors (Lipinski definition) is 4. The van der Waals surface area contributed by atoms with Crippen molar-refractivity contribution >= 4 is 28.5 Å². The fourth-order valence-electron chi connectivity index (χ4n) is 6.50. The van der Waals surface area contributed by atoms with E-state index >= 15 is 0 Å². The molecule has 29 heavy (non-hydrogen) atoms. The average molecular weight is 509 g/mol. The standard InChI is InChI=1S/C23H32IN3O2/c1-15-9-10-19(16(2)24)23(11-15)25(3)22(28)21-18-13-26(14-20(18)29-27(21)23)12-17-7-5-4-6-8-17/h4-8,15-16,18-21H,9-14H2,1-3H3/t15-,16?,18+,19+,20-,21+,23+/m1/s1. The zero-order chi connectivity index (χ0) is 20.3. The molecule has 1 aromatic carbocycles. The summed E-state index contributed by atoms with van der Waals surface area (Å²) in [6, 6.07) is 10.5. The summed E-state index contributed by atoms with van der Waals surface area (Å²) < 4.78 is 0.507. The molecule has 4 fully saturated rings. The molecule has 0 bridgehead atoms. The summed E-state index contributed by atoms with van der Waals surface area (Å²) in [4.78, 5) is 24.7. The Morgan fingerprint density at radius 3 is 2.72 bits per heavy atom. The van der Waals surface area contributed by atoms with Crippen molar-refractivity contribution < 1.29 is 9.63 Å². The molecule has 3 aliphatic heterocycles. The van der Waals surface area contributed by atoms with E-state index in [1.165, 1.54) is 18.4 Å². The maximum Gasteiger partial charge on any atom is 0.244 e. The van der Waals surface area contributed by atoms with Crippen molar-refractivity contribution in [3.8, 4) is 0 Å². The highest BCUT2D eigenvalue weighted by molar-refractivity contribution is 14.1. The largest absolute Gasteiger partial charge is 0.323 e. The number of alkyl halides is 1. The van der Waals surface area contributed by atoms with Gasteiger partial charge in [0.15, 0.2) is 0 Å². The SMILES string of the molecule is CC(I)[C@@H]1CC[C@@H](C)C[C@@]12N(C)C(=O)[C@@H]1[C@H]3CN(Cc4ccccc4)C[C@H]3ON12. The lowest BCUT2D eigenvalue weighted by atomic mass is 9.72. The number of hydrogen-bond donors (Lipinski definition) is 0. The van der Waals surface area contributed by atoms with Crippen molar-refractivity contribution in [1.82, 2.24) is 14.9 Å². The Bertz CT molecular complexity index is 775. The molecule has 1 saturated carbocycles. The van der Waals surface area contributed by atoms with Gasteiger partial charge in [0, 0.05) is 42.4 Å². The fourth-order valence-corrected chi connectivity index (χ4v) is 7.44. The highest BCUT2D eigenvalue weighted by atomic mass is 127. The van der Waals surface area contributed by atoms with Crippen molar-refractivity contribution in [3.63, 3.8) is 0 Å². The first-order valence-corrected chi connectivity index (χ1v) is 12.3. The van der Waals surface area contributed by atoms with Gasteiger partial charge in [-0.3, -0.25) is 14.5 Å². The number of likely N-dealkylation sites (tertiary alicyclic amines) is 1. The second-order valence-corrected chi connectivity index (χ2v) is 11.7. The van der Waals surface area contributed by atoms with Crippen LogP contribution in [-0.2, 0) is 16.2 Å². The van der Waals surface area contributed by atoms with Crippen LogP contribution in [0.5, 0.6) is 0 Å². The molecule has 7 atom stereocenters. The number of amides is 1. The summed E-state index contributed by atoms with van der Waals surface area (Å²) in [5.41, 5.74) is 1.06. The van der Waals surface area contributed by atoms with E-state index in [0.717, 1.165) is 26.1 Å². The summed E-state index contributed by atoms with van der Waals surface area (Å²) in [7, 11) is 2.03. The molecule has 1 spiro atoms. The highest BCUT2D eigenvalue weighted by Crippen LogP contribution is 2.54. The van der Waals surface area contributed by atoms with Crippen LogP contribution in [0.2, 0.25) is 0 Å². The Balaban J connectivity index is 1.40. The zero-order valence-electron chi connectivity index (χ0n) is 17.6. The molecule has 1 aliphatic carbocycles. The van der Waals surface area contributed by atoms with Crippen molar-refractivity contribution in [2.45, 2.75) is 61.4 Å². The predicted molar refractivity (Wildman–Crippen MR) is 121 cm³/mol. The molecular formula is C23H32IN3O2. The first kappa shape index (κ1) is 20.2. The smallest absolute Gasteiger partial charge is 0.244 e. The number of fused-ring (bicyclic) bond motifs is 4. The lowest BCUT2D eigenvalue weighted by molar-refractivity contribution is -0.259. The van der Waals surface area contributed by atoms with E-state index in [-0.39, 0.29) is 29.6 Å². The number of carbonyl (C=O) groups is 1. The number of nitrogens with zero attached hydrogens (tertiary/aromatic N) is 3. The van der Waals surface area contributed by atoms with Gasteiger partial charge in [0.05, 0.1) is 6.10 Å². The summed E-state index contributed by atoms with van der Waals surface area (Å²) in [6.07, 6.45) is 3.58. The first-order valence-electron chi connectivity index (χ1n) is 11.1. The number of halogens is 1. The first-order chi connectivity index (χ1) is 13.9. The molecule has 1 amide bonds. The van der Waals surface area contributed by atoms with E-state index in [2.05, 4.69) is 81.6 Å². The number of benzene rings is 1. The lowest BCUT2D eigenvalue weighted by Gasteiger charge is -2.52. The predicted octanol–water partition coefficient (Wildman–Crippen LogP) is 3.53. The third-order valence-corrected chi connectivity index (χ3v) is 8.72. The molecule has 0 radical (unpaired) electrons. The molecule has 0 aromatic heterocycles. The van der Waals surface area contributed by atoms with Crippen LogP contribution in [0.25, 0.3) is 0 Å². The molecule has 4 aliphatic rings. The third-order valence-electron chi connectivity index (χ3n) is 7.85.